The topological polar surface area (TPSA) is 87.1 Å². The van der Waals surface area contributed by atoms with Gasteiger partial charge in [-0.2, -0.15) is 4.98 Å². The number of fused-ring (bicyclic) bond motifs is 1. The Balaban J connectivity index is 1.44. The van der Waals surface area contributed by atoms with E-state index in [9.17, 15) is 4.79 Å². The van der Waals surface area contributed by atoms with Crippen LogP contribution in [0, 0.1) is 5.41 Å². The maximum absolute atomic E-state index is 12.0. The highest BCUT2D eigenvalue weighted by Crippen LogP contribution is 2.30. The van der Waals surface area contributed by atoms with Crippen molar-refractivity contribution in [1.82, 2.24) is 24.9 Å². The zero-order valence-corrected chi connectivity index (χ0v) is 19.6. The summed E-state index contributed by atoms with van der Waals surface area (Å²) in [4.78, 5) is 21.3. The fourth-order valence-corrected chi connectivity index (χ4v) is 3.75. The lowest BCUT2D eigenvalue weighted by atomic mass is 9.86. The van der Waals surface area contributed by atoms with Gasteiger partial charge in [-0.3, -0.25) is 9.89 Å². The SMILES string of the molecule is CC(C)(C)C1=CCC=C(c2nc(NCCCNCc3ccccc3)n3[nH]c(=O)cc3n2)C=C1. The average Bonchev–Trinajstić information content (AvgIpc) is 2.99. The molecule has 2 aromatic heterocycles. The Labute approximate surface area is 194 Å². The number of nitrogens with zero attached hydrogens (tertiary/aromatic N) is 3. The van der Waals surface area contributed by atoms with Crippen molar-refractivity contribution in [3.8, 4) is 0 Å². The van der Waals surface area contributed by atoms with Gasteiger partial charge in [-0.25, -0.2) is 9.50 Å². The van der Waals surface area contributed by atoms with E-state index >= 15 is 0 Å². The number of benzene rings is 1. The summed E-state index contributed by atoms with van der Waals surface area (Å²) in [6.07, 6.45) is 10.3. The molecule has 0 fully saturated rings. The van der Waals surface area contributed by atoms with Crippen molar-refractivity contribution in [2.75, 3.05) is 18.4 Å². The second-order valence-electron chi connectivity index (χ2n) is 9.27. The molecule has 0 saturated heterocycles. The zero-order valence-electron chi connectivity index (χ0n) is 19.6. The molecule has 0 spiro atoms. The van der Waals surface area contributed by atoms with Crippen LogP contribution >= 0.6 is 0 Å². The molecule has 3 N–H and O–H groups in total. The highest BCUT2D eigenvalue weighted by Gasteiger charge is 2.17. The predicted molar refractivity (Wildman–Crippen MR) is 134 cm³/mol. The van der Waals surface area contributed by atoms with Gasteiger partial charge in [-0.15, -0.1) is 0 Å². The van der Waals surface area contributed by atoms with Crippen molar-refractivity contribution in [2.45, 2.75) is 40.2 Å². The Morgan fingerprint density at radius 3 is 2.67 bits per heavy atom. The molecular weight excluding hydrogens is 412 g/mol. The van der Waals surface area contributed by atoms with Gasteiger partial charge in [0.05, 0.1) is 0 Å². The molecular formula is C26H32N6O. The average molecular weight is 445 g/mol. The first-order valence-electron chi connectivity index (χ1n) is 11.5. The molecule has 172 valence electrons. The van der Waals surface area contributed by atoms with Crippen LogP contribution in [0.5, 0.6) is 0 Å². The van der Waals surface area contributed by atoms with Gasteiger partial charge in [-0.1, -0.05) is 75.4 Å². The number of rotatable bonds is 8. The van der Waals surface area contributed by atoms with Crippen LogP contribution in [0.4, 0.5) is 5.95 Å². The quantitative estimate of drug-likeness (QED) is 0.450. The fraction of sp³-hybridized carbons (Fsp3) is 0.346. The lowest BCUT2D eigenvalue weighted by Crippen LogP contribution is -2.19. The van der Waals surface area contributed by atoms with Crippen molar-refractivity contribution in [2.24, 2.45) is 5.41 Å². The van der Waals surface area contributed by atoms with Crippen LogP contribution in [0.2, 0.25) is 0 Å². The predicted octanol–water partition coefficient (Wildman–Crippen LogP) is 4.33. The first-order valence-corrected chi connectivity index (χ1v) is 11.5. The Kier molecular flexibility index (Phi) is 6.89. The molecule has 0 bridgehead atoms. The van der Waals surface area contributed by atoms with Crippen LogP contribution in [0.3, 0.4) is 0 Å². The van der Waals surface area contributed by atoms with Gasteiger partial charge in [0.25, 0.3) is 5.56 Å². The molecule has 0 unspecified atom stereocenters. The number of aromatic amines is 1. The summed E-state index contributed by atoms with van der Waals surface area (Å²) in [5.41, 5.74) is 3.95. The smallest absolute Gasteiger partial charge is 0.266 e. The van der Waals surface area contributed by atoms with Crippen molar-refractivity contribution >= 4 is 17.2 Å². The monoisotopic (exact) mass is 444 g/mol. The van der Waals surface area contributed by atoms with Crippen LogP contribution < -0.4 is 16.2 Å². The third-order valence-electron chi connectivity index (χ3n) is 5.58. The third-order valence-corrected chi connectivity index (χ3v) is 5.58. The molecule has 0 amide bonds. The second kappa shape index (κ2) is 10.0. The van der Waals surface area contributed by atoms with E-state index in [2.05, 4.69) is 77.9 Å². The van der Waals surface area contributed by atoms with E-state index < -0.39 is 0 Å². The Bertz CT molecular complexity index is 1240. The van der Waals surface area contributed by atoms with Crippen LogP contribution in [0.1, 0.15) is 45.0 Å². The Hall–Kier alpha value is -3.45. The summed E-state index contributed by atoms with van der Waals surface area (Å²) in [6.45, 7) is 9.07. The van der Waals surface area contributed by atoms with Gasteiger partial charge in [0.1, 0.15) is 0 Å². The summed E-state index contributed by atoms with van der Waals surface area (Å²) < 4.78 is 1.61. The maximum atomic E-state index is 12.0. The van der Waals surface area contributed by atoms with E-state index in [1.165, 1.54) is 17.2 Å². The second-order valence-corrected chi connectivity index (χ2v) is 9.27. The van der Waals surface area contributed by atoms with E-state index in [0.29, 0.717) is 17.4 Å². The molecule has 33 heavy (non-hydrogen) atoms. The number of H-pyrrole nitrogens is 1. The molecule has 0 aliphatic heterocycles. The molecule has 2 heterocycles. The minimum absolute atomic E-state index is 0.0831. The minimum Gasteiger partial charge on any atom is -0.354 e. The number of nitrogens with one attached hydrogen (secondary N) is 3. The molecule has 0 atom stereocenters. The highest BCUT2D eigenvalue weighted by molar-refractivity contribution is 5.72. The van der Waals surface area contributed by atoms with Crippen LogP contribution in [0.15, 0.2) is 71.1 Å². The molecule has 0 radical (unpaired) electrons. The van der Waals surface area contributed by atoms with Gasteiger partial charge < -0.3 is 10.6 Å². The van der Waals surface area contributed by atoms with Gasteiger partial charge in [0, 0.05) is 24.7 Å². The van der Waals surface area contributed by atoms with Gasteiger partial charge >= 0.3 is 0 Å². The molecule has 7 heteroatoms. The largest absolute Gasteiger partial charge is 0.354 e. The molecule has 1 aliphatic rings. The zero-order chi connectivity index (χ0) is 23.3. The highest BCUT2D eigenvalue weighted by atomic mass is 16.1. The molecule has 1 aromatic carbocycles. The first kappa shape index (κ1) is 22.7. The van der Waals surface area contributed by atoms with E-state index in [0.717, 1.165) is 38.0 Å². The Morgan fingerprint density at radius 2 is 1.88 bits per heavy atom. The minimum atomic E-state index is -0.198. The summed E-state index contributed by atoms with van der Waals surface area (Å²) in [5, 5.41) is 9.60. The number of aromatic nitrogens is 4. The molecule has 0 saturated carbocycles. The van der Waals surface area contributed by atoms with Crippen LogP contribution in [0.25, 0.3) is 11.2 Å². The van der Waals surface area contributed by atoms with E-state index in [1.807, 2.05) is 18.2 Å². The van der Waals surface area contributed by atoms with Crippen LogP contribution in [-0.4, -0.2) is 32.7 Å². The lowest BCUT2D eigenvalue weighted by Gasteiger charge is -2.19. The summed E-state index contributed by atoms with van der Waals surface area (Å²) in [6, 6.07) is 11.8. The van der Waals surface area contributed by atoms with Gasteiger partial charge in [-0.05, 0) is 35.9 Å². The van der Waals surface area contributed by atoms with Crippen molar-refractivity contribution < 1.29 is 0 Å². The number of hydrogen-bond donors (Lipinski definition) is 3. The van der Waals surface area contributed by atoms with Crippen molar-refractivity contribution in [1.29, 1.82) is 0 Å². The summed E-state index contributed by atoms with van der Waals surface area (Å²) in [5.74, 6) is 1.20. The first-order chi connectivity index (χ1) is 15.9. The molecule has 3 aromatic rings. The van der Waals surface area contributed by atoms with Crippen LogP contribution in [-0.2, 0) is 6.54 Å². The van der Waals surface area contributed by atoms with Crippen molar-refractivity contribution in [3.05, 3.63) is 88.0 Å². The molecule has 7 nitrogen and oxygen atoms in total. The Morgan fingerprint density at radius 1 is 1.06 bits per heavy atom. The lowest BCUT2D eigenvalue weighted by molar-refractivity contribution is 0.515. The number of hydrogen-bond acceptors (Lipinski definition) is 5. The maximum Gasteiger partial charge on any atom is 0.266 e. The normalized spacial score (nSPS) is 14.2. The molecule has 4 rings (SSSR count). The van der Waals surface area contributed by atoms with E-state index in [1.54, 1.807) is 4.52 Å². The number of anilines is 1. The fourth-order valence-electron chi connectivity index (χ4n) is 3.75. The number of allylic oxidation sites excluding steroid dienone is 6. The van der Waals surface area contributed by atoms with Gasteiger partial charge in [0.2, 0.25) is 5.95 Å². The van der Waals surface area contributed by atoms with Gasteiger partial charge in [0.15, 0.2) is 11.5 Å². The van der Waals surface area contributed by atoms with Crippen molar-refractivity contribution in [3.63, 3.8) is 0 Å². The standard InChI is InChI=1S/C26H32N6O/c1-26(2,3)21-12-7-11-20(13-14-21)24-29-22-17-23(33)31-32(22)25(30-24)28-16-8-15-27-18-19-9-5-4-6-10-19/h4-6,9-14,17,27H,7-8,15-16,18H2,1-3H3,(H,31,33)(H,28,29,30). The van der Waals surface area contributed by atoms with E-state index in [4.69, 9.17) is 4.98 Å². The molecule has 1 aliphatic carbocycles. The van der Waals surface area contributed by atoms with E-state index in [-0.39, 0.29) is 11.0 Å². The summed E-state index contributed by atoms with van der Waals surface area (Å²) in [7, 11) is 0. The summed E-state index contributed by atoms with van der Waals surface area (Å²) >= 11 is 0. The third kappa shape index (κ3) is 5.87.